The van der Waals surface area contributed by atoms with Crippen LogP contribution in [0.2, 0.25) is 0 Å². The molecule has 1 aliphatic rings. The highest BCUT2D eigenvalue weighted by Crippen LogP contribution is 2.43. The van der Waals surface area contributed by atoms with Crippen molar-refractivity contribution in [3.63, 3.8) is 0 Å². The molecule has 0 aliphatic heterocycles. The first-order chi connectivity index (χ1) is 7.67. The van der Waals surface area contributed by atoms with Crippen LogP contribution in [-0.4, -0.2) is 19.0 Å². The van der Waals surface area contributed by atoms with Gasteiger partial charge in [0.2, 0.25) is 0 Å². The van der Waals surface area contributed by atoms with E-state index in [9.17, 15) is 4.79 Å². The minimum absolute atomic E-state index is 0.0119. The van der Waals surface area contributed by atoms with E-state index in [0.717, 1.165) is 24.0 Å². The minimum Gasteiger partial charge on any atom is -0.351 e. The fraction of sp³-hybridized carbons (Fsp3) is 0.462. The van der Waals surface area contributed by atoms with Crippen molar-refractivity contribution in [2.45, 2.75) is 19.8 Å². The van der Waals surface area contributed by atoms with Crippen molar-refractivity contribution >= 4 is 5.91 Å². The molecule has 0 atom stereocenters. The van der Waals surface area contributed by atoms with Gasteiger partial charge in [0.1, 0.15) is 0 Å². The number of aryl methyl sites for hydroxylation is 1. The molecule has 3 heteroatoms. The second kappa shape index (κ2) is 4.26. The number of nitrogens with one attached hydrogen (secondary N) is 1. The maximum Gasteiger partial charge on any atom is 0.251 e. The second-order valence-corrected chi connectivity index (χ2v) is 4.70. The molecule has 1 aliphatic carbocycles. The Hall–Kier alpha value is -1.35. The molecule has 0 unspecified atom stereocenters. The van der Waals surface area contributed by atoms with Crippen LogP contribution in [0.5, 0.6) is 0 Å². The van der Waals surface area contributed by atoms with Gasteiger partial charge in [-0.05, 0) is 37.9 Å². The third kappa shape index (κ3) is 2.25. The second-order valence-electron chi connectivity index (χ2n) is 4.70. The summed E-state index contributed by atoms with van der Waals surface area (Å²) in [5, 5.41) is 2.97. The summed E-state index contributed by atoms with van der Waals surface area (Å²) in [6.07, 6.45) is 2.27. The lowest BCUT2D eigenvalue weighted by Gasteiger charge is -2.14. The lowest BCUT2D eigenvalue weighted by atomic mass is 10.1. The van der Waals surface area contributed by atoms with Crippen molar-refractivity contribution in [3.8, 4) is 0 Å². The highest BCUT2D eigenvalue weighted by Gasteiger charge is 2.41. The van der Waals surface area contributed by atoms with E-state index < -0.39 is 0 Å². The van der Waals surface area contributed by atoms with Gasteiger partial charge < -0.3 is 11.1 Å². The molecule has 2 rings (SSSR count). The van der Waals surface area contributed by atoms with Crippen LogP contribution in [0.3, 0.4) is 0 Å². The monoisotopic (exact) mass is 218 g/mol. The molecular formula is C13H18N2O. The Kier molecular flexibility index (Phi) is 2.97. The molecule has 1 amide bonds. The number of hydrogen-bond acceptors (Lipinski definition) is 2. The van der Waals surface area contributed by atoms with E-state index in [1.54, 1.807) is 0 Å². The first-order valence-electron chi connectivity index (χ1n) is 5.71. The maximum atomic E-state index is 11.9. The summed E-state index contributed by atoms with van der Waals surface area (Å²) in [5.41, 5.74) is 7.64. The smallest absolute Gasteiger partial charge is 0.251 e. The SMILES string of the molecule is Cc1ccccc1C(=O)NCC1(CN)CC1. The molecular weight excluding hydrogens is 200 g/mol. The summed E-state index contributed by atoms with van der Waals surface area (Å²) in [6, 6.07) is 7.63. The average Bonchev–Trinajstić information content (AvgIpc) is 3.07. The molecule has 1 saturated carbocycles. The fourth-order valence-corrected chi connectivity index (χ4v) is 1.82. The Labute approximate surface area is 96.0 Å². The lowest BCUT2D eigenvalue weighted by molar-refractivity contribution is 0.0945. The van der Waals surface area contributed by atoms with Crippen LogP contribution in [0.25, 0.3) is 0 Å². The Morgan fingerprint density at radius 3 is 2.69 bits per heavy atom. The zero-order chi connectivity index (χ0) is 11.6. The molecule has 16 heavy (non-hydrogen) atoms. The van der Waals surface area contributed by atoms with E-state index in [4.69, 9.17) is 5.73 Å². The van der Waals surface area contributed by atoms with Gasteiger partial charge in [0.05, 0.1) is 0 Å². The summed E-state index contributed by atoms with van der Waals surface area (Å²) in [6.45, 7) is 3.32. The van der Waals surface area contributed by atoms with E-state index >= 15 is 0 Å². The van der Waals surface area contributed by atoms with Crippen molar-refractivity contribution < 1.29 is 4.79 Å². The highest BCUT2D eigenvalue weighted by molar-refractivity contribution is 5.95. The summed E-state index contributed by atoms with van der Waals surface area (Å²) >= 11 is 0. The van der Waals surface area contributed by atoms with Crippen molar-refractivity contribution in [1.29, 1.82) is 0 Å². The van der Waals surface area contributed by atoms with Crippen molar-refractivity contribution in [3.05, 3.63) is 35.4 Å². The highest BCUT2D eigenvalue weighted by atomic mass is 16.1. The zero-order valence-electron chi connectivity index (χ0n) is 9.62. The first kappa shape index (κ1) is 11.1. The van der Waals surface area contributed by atoms with Crippen LogP contribution in [0.4, 0.5) is 0 Å². The third-order valence-electron chi connectivity index (χ3n) is 3.40. The molecule has 0 spiro atoms. The van der Waals surface area contributed by atoms with Crippen LogP contribution in [0.15, 0.2) is 24.3 Å². The number of carbonyl (C=O) groups is 1. The molecule has 0 radical (unpaired) electrons. The standard InChI is InChI=1S/C13H18N2O/c1-10-4-2-3-5-11(10)12(16)15-9-13(8-14)6-7-13/h2-5H,6-9,14H2,1H3,(H,15,16). The van der Waals surface area contributed by atoms with Gasteiger partial charge in [0.15, 0.2) is 0 Å². The Balaban J connectivity index is 1.96. The van der Waals surface area contributed by atoms with E-state index in [-0.39, 0.29) is 11.3 Å². The van der Waals surface area contributed by atoms with Crippen LogP contribution in [0.1, 0.15) is 28.8 Å². The summed E-state index contributed by atoms with van der Waals surface area (Å²) < 4.78 is 0. The van der Waals surface area contributed by atoms with Crippen LogP contribution < -0.4 is 11.1 Å². The van der Waals surface area contributed by atoms with E-state index in [2.05, 4.69) is 5.32 Å². The minimum atomic E-state index is 0.0119. The van der Waals surface area contributed by atoms with Gasteiger partial charge in [-0.25, -0.2) is 0 Å². The molecule has 3 nitrogen and oxygen atoms in total. The third-order valence-corrected chi connectivity index (χ3v) is 3.40. The van der Waals surface area contributed by atoms with Crippen LogP contribution in [-0.2, 0) is 0 Å². The van der Waals surface area contributed by atoms with E-state index in [0.29, 0.717) is 13.1 Å². The Morgan fingerprint density at radius 2 is 2.12 bits per heavy atom. The van der Waals surface area contributed by atoms with Gasteiger partial charge in [-0.1, -0.05) is 18.2 Å². The molecule has 0 bridgehead atoms. The van der Waals surface area contributed by atoms with Crippen LogP contribution >= 0.6 is 0 Å². The van der Waals surface area contributed by atoms with Gasteiger partial charge in [-0.2, -0.15) is 0 Å². The van der Waals surface area contributed by atoms with Gasteiger partial charge in [-0.15, -0.1) is 0 Å². The lowest BCUT2D eigenvalue weighted by Crippen LogP contribution is -2.34. The van der Waals surface area contributed by atoms with Crippen molar-refractivity contribution in [2.75, 3.05) is 13.1 Å². The normalized spacial score (nSPS) is 16.9. The Morgan fingerprint density at radius 1 is 1.44 bits per heavy atom. The Bertz CT molecular complexity index is 397. The fourth-order valence-electron chi connectivity index (χ4n) is 1.82. The average molecular weight is 218 g/mol. The predicted molar refractivity (Wildman–Crippen MR) is 64.2 cm³/mol. The molecule has 1 aromatic rings. The van der Waals surface area contributed by atoms with E-state index in [1.807, 2.05) is 31.2 Å². The van der Waals surface area contributed by atoms with Gasteiger partial charge in [0.25, 0.3) is 5.91 Å². The van der Waals surface area contributed by atoms with Crippen LogP contribution in [0, 0.1) is 12.3 Å². The van der Waals surface area contributed by atoms with Gasteiger partial charge >= 0.3 is 0 Å². The van der Waals surface area contributed by atoms with Crippen molar-refractivity contribution in [1.82, 2.24) is 5.32 Å². The number of amides is 1. The maximum absolute atomic E-state index is 11.9. The van der Waals surface area contributed by atoms with Crippen molar-refractivity contribution in [2.24, 2.45) is 11.1 Å². The first-order valence-corrected chi connectivity index (χ1v) is 5.71. The molecule has 1 fully saturated rings. The van der Waals surface area contributed by atoms with E-state index in [1.165, 1.54) is 0 Å². The topological polar surface area (TPSA) is 55.1 Å². The molecule has 0 aromatic heterocycles. The summed E-state index contributed by atoms with van der Waals surface area (Å²) in [4.78, 5) is 11.9. The molecule has 0 heterocycles. The predicted octanol–water partition coefficient (Wildman–Crippen LogP) is 1.46. The molecule has 0 saturated heterocycles. The number of hydrogen-bond donors (Lipinski definition) is 2. The number of rotatable bonds is 4. The molecule has 1 aromatic carbocycles. The number of nitrogens with two attached hydrogens (primary N) is 1. The van der Waals surface area contributed by atoms with Gasteiger partial charge in [0, 0.05) is 17.5 Å². The van der Waals surface area contributed by atoms with Gasteiger partial charge in [-0.3, -0.25) is 4.79 Å². The summed E-state index contributed by atoms with van der Waals surface area (Å²) in [7, 11) is 0. The number of carbonyl (C=O) groups excluding carboxylic acids is 1. The molecule has 86 valence electrons. The molecule has 3 N–H and O–H groups in total. The quantitative estimate of drug-likeness (QED) is 0.804. The summed E-state index contributed by atoms with van der Waals surface area (Å²) in [5.74, 6) is 0.0119. The zero-order valence-corrected chi connectivity index (χ0v) is 9.62. The largest absolute Gasteiger partial charge is 0.351 e. The number of benzene rings is 1.